The van der Waals surface area contributed by atoms with Crippen molar-refractivity contribution in [3.63, 3.8) is 0 Å². The van der Waals surface area contributed by atoms with E-state index in [2.05, 4.69) is 4.74 Å². The van der Waals surface area contributed by atoms with Gasteiger partial charge in [0.1, 0.15) is 5.75 Å². The van der Waals surface area contributed by atoms with E-state index in [1.165, 1.54) is 13.2 Å². The summed E-state index contributed by atoms with van der Waals surface area (Å²) in [5.74, 6) is -0.881. The number of hydrogen-bond donors (Lipinski definition) is 1. The molecule has 0 radical (unpaired) electrons. The fourth-order valence-corrected chi connectivity index (χ4v) is 2.84. The standard InChI is InChI=1S/C20H15ClO5/c1-25-20(24)18-11-15(12-6-4-7-14(21)9-12)16(19(23)26-18)10-13-5-2-3-8-17(13)22/h2-9,11,22H,10H2,1H3. The number of benzene rings is 2. The van der Waals surface area contributed by atoms with Crippen molar-refractivity contribution in [2.75, 3.05) is 7.11 Å². The van der Waals surface area contributed by atoms with E-state index < -0.39 is 11.6 Å². The van der Waals surface area contributed by atoms with E-state index in [0.29, 0.717) is 27.3 Å². The third-order valence-corrected chi connectivity index (χ3v) is 4.17. The van der Waals surface area contributed by atoms with Crippen LogP contribution in [0.25, 0.3) is 11.1 Å². The number of hydrogen-bond acceptors (Lipinski definition) is 5. The molecule has 0 unspecified atom stereocenters. The lowest BCUT2D eigenvalue weighted by Gasteiger charge is -2.11. The minimum absolute atomic E-state index is 0.0704. The minimum Gasteiger partial charge on any atom is -0.508 e. The first kappa shape index (κ1) is 17.8. The molecular weight excluding hydrogens is 356 g/mol. The summed E-state index contributed by atoms with van der Waals surface area (Å²) < 4.78 is 9.77. The number of phenols is 1. The summed E-state index contributed by atoms with van der Waals surface area (Å²) in [5.41, 5.74) is 1.34. The molecule has 6 heteroatoms. The van der Waals surface area contributed by atoms with Crippen molar-refractivity contribution in [2.24, 2.45) is 0 Å². The van der Waals surface area contributed by atoms with Gasteiger partial charge in [-0.25, -0.2) is 9.59 Å². The van der Waals surface area contributed by atoms with E-state index in [1.54, 1.807) is 48.5 Å². The normalized spacial score (nSPS) is 10.5. The second-order valence-electron chi connectivity index (χ2n) is 5.60. The number of ether oxygens (including phenoxy) is 1. The van der Waals surface area contributed by atoms with Crippen LogP contribution >= 0.6 is 11.6 Å². The number of rotatable bonds is 4. The molecule has 0 spiro atoms. The molecule has 0 saturated heterocycles. The van der Waals surface area contributed by atoms with Gasteiger partial charge in [0.15, 0.2) is 0 Å². The molecule has 1 heterocycles. The number of carbonyl (C=O) groups excluding carboxylic acids is 1. The Balaban J connectivity index is 2.21. The Morgan fingerprint density at radius 3 is 2.62 bits per heavy atom. The first-order chi connectivity index (χ1) is 12.5. The molecule has 0 aliphatic carbocycles. The second kappa shape index (κ2) is 7.45. The summed E-state index contributed by atoms with van der Waals surface area (Å²) in [7, 11) is 1.21. The first-order valence-electron chi connectivity index (χ1n) is 7.77. The summed E-state index contributed by atoms with van der Waals surface area (Å²) in [4.78, 5) is 24.4. The highest BCUT2D eigenvalue weighted by Crippen LogP contribution is 2.29. The Hall–Kier alpha value is -3.05. The average molecular weight is 371 g/mol. The molecule has 0 aliphatic rings. The Bertz CT molecular complexity index is 1020. The van der Waals surface area contributed by atoms with Gasteiger partial charge in [-0.15, -0.1) is 0 Å². The van der Waals surface area contributed by atoms with Crippen LogP contribution in [0.15, 0.2) is 63.8 Å². The van der Waals surface area contributed by atoms with E-state index in [0.717, 1.165) is 0 Å². The lowest BCUT2D eigenvalue weighted by atomic mass is 9.96. The van der Waals surface area contributed by atoms with Gasteiger partial charge in [0, 0.05) is 11.4 Å². The van der Waals surface area contributed by atoms with Crippen LogP contribution in [0.4, 0.5) is 0 Å². The molecule has 0 bridgehead atoms. The Morgan fingerprint density at radius 1 is 1.15 bits per heavy atom. The number of para-hydroxylation sites is 1. The number of methoxy groups -OCH3 is 1. The van der Waals surface area contributed by atoms with Crippen molar-refractivity contribution in [2.45, 2.75) is 6.42 Å². The number of carbonyl (C=O) groups is 1. The minimum atomic E-state index is -0.750. The molecule has 0 aliphatic heterocycles. The SMILES string of the molecule is COC(=O)c1cc(-c2cccc(Cl)c2)c(Cc2ccccc2O)c(=O)o1. The van der Waals surface area contributed by atoms with E-state index in [4.69, 9.17) is 16.0 Å². The lowest BCUT2D eigenvalue weighted by molar-refractivity contribution is 0.0559. The summed E-state index contributed by atoms with van der Waals surface area (Å²) >= 11 is 6.07. The number of aromatic hydroxyl groups is 1. The van der Waals surface area contributed by atoms with Crippen LogP contribution in [0.5, 0.6) is 5.75 Å². The molecule has 1 N–H and O–H groups in total. The highest BCUT2D eigenvalue weighted by Gasteiger charge is 2.19. The third-order valence-electron chi connectivity index (χ3n) is 3.93. The van der Waals surface area contributed by atoms with Crippen LogP contribution in [0.1, 0.15) is 21.7 Å². The maximum atomic E-state index is 12.6. The van der Waals surface area contributed by atoms with E-state index in [1.807, 2.05) is 0 Å². The molecule has 132 valence electrons. The van der Waals surface area contributed by atoms with Crippen LogP contribution in [0.2, 0.25) is 5.02 Å². The summed E-state index contributed by atoms with van der Waals surface area (Å²) in [5, 5.41) is 10.5. The monoisotopic (exact) mass is 370 g/mol. The predicted octanol–water partition coefficient (Wildman–Crippen LogP) is 4.04. The van der Waals surface area contributed by atoms with Crippen LogP contribution < -0.4 is 5.63 Å². The Morgan fingerprint density at radius 2 is 1.92 bits per heavy atom. The molecule has 0 saturated carbocycles. The van der Waals surface area contributed by atoms with Crippen LogP contribution in [0, 0.1) is 0 Å². The molecule has 1 aromatic heterocycles. The van der Waals surface area contributed by atoms with Crippen LogP contribution in [-0.2, 0) is 11.2 Å². The molecule has 0 atom stereocenters. The predicted molar refractivity (Wildman–Crippen MR) is 97.7 cm³/mol. The number of phenolic OH excluding ortho intramolecular Hbond substituents is 1. The van der Waals surface area contributed by atoms with E-state index in [-0.39, 0.29) is 17.9 Å². The zero-order valence-electron chi connectivity index (χ0n) is 13.9. The Labute approximate surface area is 154 Å². The lowest BCUT2D eigenvalue weighted by Crippen LogP contribution is -2.14. The molecule has 3 aromatic rings. The average Bonchev–Trinajstić information content (AvgIpc) is 2.64. The smallest absolute Gasteiger partial charge is 0.374 e. The molecule has 2 aromatic carbocycles. The fourth-order valence-electron chi connectivity index (χ4n) is 2.65. The van der Waals surface area contributed by atoms with Crippen molar-refractivity contribution in [1.29, 1.82) is 0 Å². The van der Waals surface area contributed by atoms with E-state index >= 15 is 0 Å². The zero-order valence-corrected chi connectivity index (χ0v) is 14.6. The fraction of sp³-hybridized carbons (Fsp3) is 0.100. The second-order valence-corrected chi connectivity index (χ2v) is 6.03. The van der Waals surface area contributed by atoms with Crippen molar-refractivity contribution in [3.05, 3.63) is 86.9 Å². The van der Waals surface area contributed by atoms with Gasteiger partial charge in [0.05, 0.1) is 12.7 Å². The van der Waals surface area contributed by atoms with Gasteiger partial charge >= 0.3 is 11.6 Å². The quantitative estimate of drug-likeness (QED) is 0.701. The van der Waals surface area contributed by atoms with E-state index in [9.17, 15) is 14.7 Å². The number of esters is 1. The highest BCUT2D eigenvalue weighted by molar-refractivity contribution is 6.30. The van der Waals surface area contributed by atoms with Gasteiger partial charge < -0.3 is 14.3 Å². The van der Waals surface area contributed by atoms with Gasteiger partial charge in [0.2, 0.25) is 5.76 Å². The van der Waals surface area contributed by atoms with Crippen LogP contribution in [-0.4, -0.2) is 18.2 Å². The largest absolute Gasteiger partial charge is 0.508 e. The van der Waals surface area contributed by atoms with Crippen molar-refractivity contribution >= 4 is 17.6 Å². The van der Waals surface area contributed by atoms with Gasteiger partial charge in [-0.05, 0) is 41.0 Å². The summed E-state index contributed by atoms with van der Waals surface area (Å²) in [6, 6.07) is 15.1. The topological polar surface area (TPSA) is 76.7 Å². The van der Waals surface area contributed by atoms with Crippen molar-refractivity contribution in [1.82, 2.24) is 0 Å². The first-order valence-corrected chi connectivity index (χ1v) is 8.15. The van der Waals surface area contributed by atoms with Gasteiger partial charge in [-0.2, -0.15) is 0 Å². The Kier molecular flexibility index (Phi) is 5.09. The maximum Gasteiger partial charge on any atom is 0.374 e. The molecule has 0 amide bonds. The molecule has 26 heavy (non-hydrogen) atoms. The number of halogens is 1. The molecular formula is C20H15ClO5. The zero-order chi connectivity index (χ0) is 18.7. The summed E-state index contributed by atoms with van der Waals surface area (Å²) in [6.07, 6.45) is 0.137. The van der Waals surface area contributed by atoms with Gasteiger partial charge in [-0.1, -0.05) is 41.9 Å². The highest BCUT2D eigenvalue weighted by atomic mass is 35.5. The molecule has 3 rings (SSSR count). The van der Waals surface area contributed by atoms with Crippen molar-refractivity contribution in [3.8, 4) is 16.9 Å². The molecule has 0 fully saturated rings. The third kappa shape index (κ3) is 3.63. The van der Waals surface area contributed by atoms with Crippen LogP contribution in [0.3, 0.4) is 0 Å². The van der Waals surface area contributed by atoms with Crippen molar-refractivity contribution < 1.29 is 19.1 Å². The molecule has 5 nitrogen and oxygen atoms in total. The van der Waals surface area contributed by atoms with Gasteiger partial charge in [-0.3, -0.25) is 0 Å². The summed E-state index contributed by atoms with van der Waals surface area (Å²) in [6.45, 7) is 0. The van der Waals surface area contributed by atoms with Gasteiger partial charge in [0.25, 0.3) is 0 Å². The maximum absolute atomic E-state index is 12.6.